The summed E-state index contributed by atoms with van der Waals surface area (Å²) in [6.07, 6.45) is -1.21. The minimum Gasteiger partial charge on any atom is -0.388 e. The SMILES string of the molecule is CNc1cccc(C(F)(F)F)c1/C=C/c1ccccc1. The zero-order chi connectivity index (χ0) is 14.6. The first-order valence-corrected chi connectivity index (χ1v) is 6.13. The number of alkyl halides is 3. The van der Waals surface area contributed by atoms with Crippen molar-refractivity contribution < 1.29 is 13.2 Å². The van der Waals surface area contributed by atoms with Crippen LogP contribution < -0.4 is 5.32 Å². The third kappa shape index (κ3) is 3.20. The zero-order valence-electron chi connectivity index (χ0n) is 10.9. The molecule has 0 fully saturated rings. The van der Waals surface area contributed by atoms with Crippen LogP contribution >= 0.6 is 0 Å². The van der Waals surface area contributed by atoms with Gasteiger partial charge < -0.3 is 5.32 Å². The molecule has 0 saturated carbocycles. The van der Waals surface area contributed by atoms with Gasteiger partial charge in [-0.15, -0.1) is 0 Å². The summed E-state index contributed by atoms with van der Waals surface area (Å²) in [6.45, 7) is 0. The zero-order valence-corrected chi connectivity index (χ0v) is 10.9. The standard InChI is InChI=1S/C16H14F3N/c1-20-15-9-5-8-14(16(17,18)19)13(15)11-10-12-6-3-2-4-7-12/h2-11,20H,1H3/b11-10+. The first kappa shape index (κ1) is 14.2. The van der Waals surface area contributed by atoms with Crippen LogP contribution in [0.2, 0.25) is 0 Å². The number of hydrogen-bond acceptors (Lipinski definition) is 1. The molecule has 2 rings (SSSR count). The van der Waals surface area contributed by atoms with Gasteiger partial charge in [-0.05, 0) is 17.7 Å². The van der Waals surface area contributed by atoms with E-state index in [1.807, 2.05) is 30.3 Å². The summed E-state index contributed by atoms with van der Waals surface area (Å²) in [5, 5.41) is 2.79. The molecule has 0 atom stereocenters. The molecular weight excluding hydrogens is 263 g/mol. The van der Waals surface area contributed by atoms with E-state index >= 15 is 0 Å². The topological polar surface area (TPSA) is 12.0 Å². The maximum atomic E-state index is 13.0. The number of benzene rings is 2. The molecule has 2 aromatic carbocycles. The molecule has 0 saturated heterocycles. The number of nitrogens with one attached hydrogen (secondary N) is 1. The third-order valence-electron chi connectivity index (χ3n) is 2.92. The van der Waals surface area contributed by atoms with E-state index in [9.17, 15) is 13.2 Å². The number of halogens is 3. The Morgan fingerprint density at radius 3 is 2.20 bits per heavy atom. The van der Waals surface area contributed by atoms with Gasteiger partial charge in [0.05, 0.1) is 5.56 Å². The summed E-state index contributed by atoms with van der Waals surface area (Å²) in [6, 6.07) is 13.3. The second kappa shape index (κ2) is 5.82. The Bertz CT molecular complexity index is 601. The van der Waals surface area contributed by atoms with Gasteiger partial charge in [0.15, 0.2) is 0 Å². The van der Waals surface area contributed by atoms with Crippen LogP contribution in [0.4, 0.5) is 18.9 Å². The Balaban J connectivity index is 2.47. The van der Waals surface area contributed by atoms with Gasteiger partial charge in [0.25, 0.3) is 0 Å². The van der Waals surface area contributed by atoms with Crippen molar-refractivity contribution in [3.05, 3.63) is 65.2 Å². The largest absolute Gasteiger partial charge is 0.417 e. The molecule has 0 spiro atoms. The molecule has 104 valence electrons. The highest BCUT2D eigenvalue weighted by Gasteiger charge is 2.33. The first-order chi connectivity index (χ1) is 9.52. The monoisotopic (exact) mass is 277 g/mol. The van der Waals surface area contributed by atoms with E-state index in [-0.39, 0.29) is 5.56 Å². The molecule has 0 heterocycles. The van der Waals surface area contributed by atoms with Crippen molar-refractivity contribution in [2.75, 3.05) is 12.4 Å². The Labute approximate surface area is 115 Å². The van der Waals surface area contributed by atoms with Crippen LogP contribution in [0.3, 0.4) is 0 Å². The first-order valence-electron chi connectivity index (χ1n) is 6.13. The third-order valence-corrected chi connectivity index (χ3v) is 2.92. The molecule has 1 nitrogen and oxygen atoms in total. The van der Waals surface area contributed by atoms with Crippen LogP contribution in [0.5, 0.6) is 0 Å². The van der Waals surface area contributed by atoms with E-state index in [4.69, 9.17) is 0 Å². The van der Waals surface area contributed by atoms with Crippen molar-refractivity contribution in [2.24, 2.45) is 0 Å². The summed E-state index contributed by atoms with van der Waals surface area (Å²) in [4.78, 5) is 0. The normalized spacial score (nSPS) is 11.8. The van der Waals surface area contributed by atoms with E-state index in [1.165, 1.54) is 12.1 Å². The molecule has 1 N–H and O–H groups in total. The molecule has 0 aliphatic rings. The van der Waals surface area contributed by atoms with Gasteiger partial charge in [0.1, 0.15) is 0 Å². The van der Waals surface area contributed by atoms with Crippen LogP contribution in [0, 0.1) is 0 Å². The van der Waals surface area contributed by atoms with Gasteiger partial charge in [0.2, 0.25) is 0 Å². The lowest BCUT2D eigenvalue weighted by molar-refractivity contribution is -0.137. The van der Waals surface area contributed by atoms with Crippen molar-refractivity contribution >= 4 is 17.8 Å². The molecule has 0 aromatic heterocycles. The molecule has 2 aromatic rings. The van der Waals surface area contributed by atoms with Crippen molar-refractivity contribution in [1.82, 2.24) is 0 Å². The van der Waals surface area contributed by atoms with Crippen molar-refractivity contribution in [3.63, 3.8) is 0 Å². The van der Waals surface area contributed by atoms with Crippen molar-refractivity contribution in [3.8, 4) is 0 Å². The van der Waals surface area contributed by atoms with E-state index in [1.54, 1.807) is 19.2 Å². The summed E-state index contributed by atoms with van der Waals surface area (Å²) in [7, 11) is 1.61. The minimum absolute atomic E-state index is 0.145. The molecule has 0 unspecified atom stereocenters. The van der Waals surface area contributed by atoms with Crippen molar-refractivity contribution in [2.45, 2.75) is 6.18 Å². The highest BCUT2D eigenvalue weighted by molar-refractivity contribution is 5.78. The van der Waals surface area contributed by atoms with E-state index in [0.29, 0.717) is 5.69 Å². The molecule has 0 aliphatic heterocycles. The summed E-state index contributed by atoms with van der Waals surface area (Å²) in [5.41, 5.74) is 0.807. The highest BCUT2D eigenvalue weighted by atomic mass is 19.4. The van der Waals surface area contributed by atoms with Gasteiger partial charge in [-0.2, -0.15) is 13.2 Å². The Hall–Kier alpha value is -2.23. The summed E-state index contributed by atoms with van der Waals surface area (Å²) in [5.74, 6) is 0. The van der Waals surface area contributed by atoms with Gasteiger partial charge in [-0.1, -0.05) is 48.6 Å². The second-order valence-electron chi connectivity index (χ2n) is 4.26. The Morgan fingerprint density at radius 1 is 0.900 bits per heavy atom. The molecular formula is C16H14F3N. The van der Waals surface area contributed by atoms with E-state index in [0.717, 1.165) is 11.6 Å². The molecule has 0 radical (unpaired) electrons. The van der Waals surface area contributed by atoms with Crippen molar-refractivity contribution in [1.29, 1.82) is 0 Å². The van der Waals surface area contributed by atoms with Crippen LogP contribution in [-0.4, -0.2) is 7.05 Å². The average molecular weight is 277 g/mol. The number of anilines is 1. The fourth-order valence-electron chi connectivity index (χ4n) is 1.95. The van der Waals surface area contributed by atoms with E-state index < -0.39 is 11.7 Å². The fraction of sp³-hybridized carbons (Fsp3) is 0.125. The second-order valence-corrected chi connectivity index (χ2v) is 4.26. The van der Waals surface area contributed by atoms with Gasteiger partial charge in [-0.25, -0.2) is 0 Å². The van der Waals surface area contributed by atoms with Gasteiger partial charge >= 0.3 is 6.18 Å². The van der Waals surface area contributed by atoms with Crippen LogP contribution in [0.1, 0.15) is 16.7 Å². The number of rotatable bonds is 3. The Kier molecular flexibility index (Phi) is 4.13. The minimum atomic E-state index is -4.37. The van der Waals surface area contributed by atoms with Crippen LogP contribution in [0.25, 0.3) is 12.2 Å². The lowest BCUT2D eigenvalue weighted by Crippen LogP contribution is -2.08. The lowest BCUT2D eigenvalue weighted by Gasteiger charge is -2.14. The fourth-order valence-corrected chi connectivity index (χ4v) is 1.95. The molecule has 0 bridgehead atoms. The highest BCUT2D eigenvalue weighted by Crippen LogP contribution is 2.36. The maximum Gasteiger partial charge on any atom is 0.417 e. The van der Waals surface area contributed by atoms with Crippen LogP contribution in [-0.2, 0) is 6.18 Å². The summed E-state index contributed by atoms with van der Waals surface area (Å²) < 4.78 is 39.1. The molecule has 0 aliphatic carbocycles. The predicted molar refractivity (Wildman–Crippen MR) is 76.4 cm³/mol. The quantitative estimate of drug-likeness (QED) is 0.785. The van der Waals surface area contributed by atoms with E-state index in [2.05, 4.69) is 5.32 Å². The lowest BCUT2D eigenvalue weighted by atomic mass is 10.0. The summed E-state index contributed by atoms with van der Waals surface area (Å²) >= 11 is 0. The molecule has 20 heavy (non-hydrogen) atoms. The molecule has 4 heteroatoms. The van der Waals surface area contributed by atoms with Crippen LogP contribution in [0.15, 0.2) is 48.5 Å². The number of hydrogen-bond donors (Lipinski definition) is 1. The smallest absolute Gasteiger partial charge is 0.388 e. The average Bonchev–Trinajstić information content (AvgIpc) is 2.44. The maximum absolute atomic E-state index is 13.0. The van der Waals surface area contributed by atoms with Gasteiger partial charge in [0, 0.05) is 18.3 Å². The molecule has 0 amide bonds. The predicted octanol–water partition coefficient (Wildman–Crippen LogP) is 4.92. The Morgan fingerprint density at radius 2 is 1.60 bits per heavy atom. The van der Waals surface area contributed by atoms with Gasteiger partial charge in [-0.3, -0.25) is 0 Å².